The Balaban J connectivity index is 3.35. The highest BCUT2D eigenvalue weighted by Crippen LogP contribution is 2.27. The lowest BCUT2D eigenvalue weighted by molar-refractivity contribution is -0.153. The summed E-state index contributed by atoms with van der Waals surface area (Å²) >= 11 is 3.31. The van der Waals surface area contributed by atoms with E-state index in [1.807, 2.05) is 0 Å². The van der Waals surface area contributed by atoms with Gasteiger partial charge in [-0.05, 0) is 45.9 Å². The molecule has 0 heterocycles. The molecule has 0 unspecified atom stereocenters. The number of halogens is 1. The molecule has 0 radical (unpaired) electrons. The lowest BCUT2D eigenvalue weighted by Gasteiger charge is -2.27. The van der Waals surface area contributed by atoms with Gasteiger partial charge in [0.2, 0.25) is 0 Å². The van der Waals surface area contributed by atoms with E-state index in [2.05, 4.69) is 15.9 Å². The van der Waals surface area contributed by atoms with Crippen molar-refractivity contribution in [3.05, 3.63) is 28.2 Å². The van der Waals surface area contributed by atoms with E-state index in [0.717, 1.165) is 0 Å². The van der Waals surface area contributed by atoms with E-state index in [-0.39, 0.29) is 18.4 Å². The SMILES string of the molecule is CCOC(=O)C(=O)N(c1cc(Br)ccc1C(C)=O)C(C)C. The molecule has 21 heavy (non-hydrogen) atoms. The number of hydrogen-bond donors (Lipinski definition) is 0. The summed E-state index contributed by atoms with van der Waals surface area (Å²) in [6.07, 6.45) is 0. The van der Waals surface area contributed by atoms with Gasteiger partial charge in [-0.25, -0.2) is 4.79 Å². The van der Waals surface area contributed by atoms with Crippen molar-refractivity contribution in [2.75, 3.05) is 11.5 Å². The van der Waals surface area contributed by atoms with Gasteiger partial charge < -0.3 is 4.74 Å². The molecular formula is C15H18BrNO4. The van der Waals surface area contributed by atoms with Gasteiger partial charge in [-0.3, -0.25) is 14.5 Å². The molecule has 0 saturated carbocycles. The normalized spacial score (nSPS) is 10.4. The van der Waals surface area contributed by atoms with Crippen molar-refractivity contribution in [2.45, 2.75) is 33.7 Å². The molecule has 0 aliphatic rings. The second-order valence-corrected chi connectivity index (χ2v) is 5.62. The number of anilines is 1. The van der Waals surface area contributed by atoms with Crippen LogP contribution in [0.25, 0.3) is 0 Å². The molecule has 114 valence electrons. The summed E-state index contributed by atoms with van der Waals surface area (Å²) in [5, 5.41) is 0. The van der Waals surface area contributed by atoms with Gasteiger partial charge in [0, 0.05) is 16.1 Å². The maximum absolute atomic E-state index is 12.3. The molecular weight excluding hydrogens is 338 g/mol. The van der Waals surface area contributed by atoms with Gasteiger partial charge in [-0.15, -0.1) is 0 Å². The van der Waals surface area contributed by atoms with Gasteiger partial charge in [0.1, 0.15) is 0 Å². The number of amides is 1. The third-order valence-corrected chi connectivity index (χ3v) is 3.28. The van der Waals surface area contributed by atoms with E-state index < -0.39 is 11.9 Å². The number of ketones is 1. The third kappa shape index (κ3) is 4.14. The zero-order chi connectivity index (χ0) is 16.2. The van der Waals surface area contributed by atoms with Crippen molar-refractivity contribution in [1.29, 1.82) is 0 Å². The third-order valence-electron chi connectivity index (χ3n) is 2.78. The molecule has 1 aromatic rings. The van der Waals surface area contributed by atoms with Crippen LogP contribution >= 0.6 is 15.9 Å². The first-order valence-corrected chi connectivity index (χ1v) is 7.39. The van der Waals surface area contributed by atoms with Crippen molar-refractivity contribution in [2.24, 2.45) is 0 Å². The Hall–Kier alpha value is -1.69. The fourth-order valence-electron chi connectivity index (χ4n) is 1.92. The van der Waals surface area contributed by atoms with Gasteiger partial charge in [0.15, 0.2) is 5.78 Å². The van der Waals surface area contributed by atoms with Gasteiger partial charge in [0.25, 0.3) is 0 Å². The molecule has 0 spiro atoms. The van der Waals surface area contributed by atoms with Crippen LogP contribution in [-0.2, 0) is 14.3 Å². The molecule has 0 bridgehead atoms. The Morgan fingerprint density at radius 2 is 1.90 bits per heavy atom. The summed E-state index contributed by atoms with van der Waals surface area (Å²) in [6, 6.07) is 4.69. The topological polar surface area (TPSA) is 63.7 Å². The predicted octanol–water partition coefficient (Wildman–Crippen LogP) is 2.96. The molecule has 0 fully saturated rings. The van der Waals surface area contributed by atoms with Crippen molar-refractivity contribution in [3.8, 4) is 0 Å². The van der Waals surface area contributed by atoms with Crippen molar-refractivity contribution >= 4 is 39.3 Å². The maximum Gasteiger partial charge on any atom is 0.397 e. The van der Waals surface area contributed by atoms with E-state index in [9.17, 15) is 14.4 Å². The smallest absolute Gasteiger partial charge is 0.397 e. The predicted molar refractivity (Wildman–Crippen MR) is 83.4 cm³/mol. The quantitative estimate of drug-likeness (QED) is 0.473. The molecule has 0 atom stereocenters. The van der Waals surface area contributed by atoms with Crippen LogP contribution in [0.15, 0.2) is 22.7 Å². The Morgan fingerprint density at radius 3 is 2.38 bits per heavy atom. The molecule has 0 aliphatic carbocycles. The molecule has 0 aromatic heterocycles. The first kappa shape index (κ1) is 17.4. The lowest BCUT2D eigenvalue weighted by atomic mass is 10.1. The summed E-state index contributed by atoms with van der Waals surface area (Å²) in [4.78, 5) is 37.0. The Labute approximate surface area is 132 Å². The molecule has 1 amide bonds. The second-order valence-electron chi connectivity index (χ2n) is 4.71. The summed E-state index contributed by atoms with van der Waals surface area (Å²) in [5.74, 6) is -1.90. The van der Waals surface area contributed by atoms with Crippen molar-refractivity contribution < 1.29 is 19.1 Å². The Bertz CT molecular complexity index is 569. The fraction of sp³-hybridized carbons (Fsp3) is 0.400. The fourth-order valence-corrected chi connectivity index (χ4v) is 2.26. The van der Waals surface area contributed by atoms with Gasteiger partial charge >= 0.3 is 11.9 Å². The van der Waals surface area contributed by atoms with Crippen molar-refractivity contribution in [3.63, 3.8) is 0 Å². The van der Waals surface area contributed by atoms with Gasteiger partial charge in [-0.1, -0.05) is 15.9 Å². The minimum absolute atomic E-state index is 0.120. The van der Waals surface area contributed by atoms with Gasteiger partial charge in [-0.2, -0.15) is 0 Å². The zero-order valence-corrected chi connectivity index (χ0v) is 14.1. The molecule has 1 rings (SSSR count). The monoisotopic (exact) mass is 355 g/mol. The first-order chi connectivity index (χ1) is 9.79. The van der Waals surface area contributed by atoms with E-state index in [1.54, 1.807) is 39.0 Å². The number of ether oxygens (including phenoxy) is 1. The summed E-state index contributed by atoms with van der Waals surface area (Å²) in [6.45, 7) is 6.70. The number of Topliss-reactive ketones (excluding diaryl/α,β-unsaturated/α-hetero) is 1. The van der Waals surface area contributed by atoms with Crippen LogP contribution in [0.4, 0.5) is 5.69 Å². The number of rotatable bonds is 4. The minimum atomic E-state index is -0.930. The number of hydrogen-bond acceptors (Lipinski definition) is 4. The molecule has 0 saturated heterocycles. The van der Waals surface area contributed by atoms with Crippen molar-refractivity contribution in [1.82, 2.24) is 0 Å². The van der Waals surface area contributed by atoms with Gasteiger partial charge in [0.05, 0.1) is 12.3 Å². The number of nitrogens with zero attached hydrogens (tertiary/aromatic N) is 1. The summed E-state index contributed by atoms with van der Waals surface area (Å²) in [5.41, 5.74) is 0.773. The van der Waals surface area contributed by atoms with E-state index in [4.69, 9.17) is 4.74 Å². The number of esters is 1. The molecule has 1 aromatic carbocycles. The lowest BCUT2D eigenvalue weighted by Crippen LogP contribution is -2.43. The molecule has 6 heteroatoms. The van der Waals surface area contributed by atoms with Crippen LogP contribution in [-0.4, -0.2) is 30.3 Å². The van der Waals surface area contributed by atoms with Crippen LogP contribution in [0.1, 0.15) is 38.1 Å². The molecule has 0 aliphatic heterocycles. The van der Waals surface area contributed by atoms with Crippen LogP contribution < -0.4 is 4.90 Å². The zero-order valence-electron chi connectivity index (χ0n) is 12.5. The average molecular weight is 356 g/mol. The van der Waals surface area contributed by atoms with Crippen LogP contribution in [0.5, 0.6) is 0 Å². The largest absolute Gasteiger partial charge is 0.459 e. The highest BCUT2D eigenvalue weighted by atomic mass is 79.9. The van der Waals surface area contributed by atoms with E-state index in [0.29, 0.717) is 15.7 Å². The number of carbonyl (C=O) groups excluding carboxylic acids is 3. The summed E-state index contributed by atoms with van der Waals surface area (Å²) < 4.78 is 5.47. The minimum Gasteiger partial charge on any atom is -0.459 e. The van der Waals surface area contributed by atoms with Crippen LogP contribution in [0.2, 0.25) is 0 Å². The Kier molecular flexibility index (Phi) is 6.08. The maximum atomic E-state index is 12.3. The van der Waals surface area contributed by atoms with E-state index in [1.165, 1.54) is 11.8 Å². The number of benzene rings is 1. The number of carbonyl (C=O) groups is 3. The first-order valence-electron chi connectivity index (χ1n) is 6.60. The summed E-state index contributed by atoms with van der Waals surface area (Å²) in [7, 11) is 0. The highest BCUT2D eigenvalue weighted by molar-refractivity contribution is 9.10. The average Bonchev–Trinajstić information content (AvgIpc) is 2.38. The highest BCUT2D eigenvalue weighted by Gasteiger charge is 2.29. The molecule has 0 N–H and O–H groups in total. The van der Waals surface area contributed by atoms with Crippen LogP contribution in [0, 0.1) is 0 Å². The molecule has 5 nitrogen and oxygen atoms in total. The standard InChI is InChI=1S/C15H18BrNO4/c1-5-21-15(20)14(19)17(9(2)3)13-8-11(16)6-7-12(13)10(4)18/h6-9H,5H2,1-4H3. The Morgan fingerprint density at radius 1 is 1.29 bits per heavy atom. The second kappa shape index (κ2) is 7.36. The van der Waals surface area contributed by atoms with E-state index >= 15 is 0 Å². The van der Waals surface area contributed by atoms with Crippen LogP contribution in [0.3, 0.4) is 0 Å².